The molecule has 0 amide bonds. The highest BCUT2D eigenvalue weighted by molar-refractivity contribution is 5.79. The number of nitrogens with one attached hydrogen (secondary N) is 2. The normalized spacial score (nSPS) is 12.4. The molecular weight excluding hydrogens is 354 g/mol. The van der Waals surface area contributed by atoms with E-state index in [-0.39, 0.29) is 17.7 Å². The number of aliphatic imine (C=N–C) groups is 1. The highest BCUT2D eigenvalue weighted by Crippen LogP contribution is 2.32. The van der Waals surface area contributed by atoms with Crippen LogP contribution in [0.15, 0.2) is 23.2 Å². The summed E-state index contributed by atoms with van der Waals surface area (Å²) in [5.74, 6) is 0.934. The fraction of sp³-hybridized carbons (Fsp3) is 0.632. The molecule has 0 radical (unpaired) electrons. The molecule has 0 aromatic heterocycles. The topological polar surface area (TPSA) is 58.1 Å². The van der Waals surface area contributed by atoms with Gasteiger partial charge in [-0.2, -0.15) is 8.78 Å². The Labute approximate surface area is 160 Å². The van der Waals surface area contributed by atoms with Crippen LogP contribution in [0.25, 0.3) is 0 Å². The first-order valence-corrected chi connectivity index (χ1v) is 8.97. The molecule has 0 atom stereocenters. The summed E-state index contributed by atoms with van der Waals surface area (Å²) in [4.78, 5) is 6.33. The van der Waals surface area contributed by atoms with Gasteiger partial charge in [0.2, 0.25) is 0 Å². The van der Waals surface area contributed by atoms with Gasteiger partial charge in [-0.15, -0.1) is 0 Å². The van der Waals surface area contributed by atoms with Crippen molar-refractivity contribution >= 4 is 5.96 Å². The number of hydrogen-bond donors (Lipinski definition) is 2. The summed E-state index contributed by atoms with van der Waals surface area (Å²) >= 11 is 0. The summed E-state index contributed by atoms with van der Waals surface area (Å²) in [7, 11) is 5.73. The highest BCUT2D eigenvalue weighted by Gasteiger charge is 2.20. The van der Waals surface area contributed by atoms with Gasteiger partial charge in [0, 0.05) is 32.2 Å². The quantitative estimate of drug-likeness (QED) is 0.478. The van der Waals surface area contributed by atoms with Crippen molar-refractivity contribution in [2.75, 3.05) is 40.8 Å². The van der Waals surface area contributed by atoms with Crippen molar-refractivity contribution < 1.29 is 18.3 Å². The van der Waals surface area contributed by atoms with Gasteiger partial charge in [-0.3, -0.25) is 4.99 Å². The number of guanidine groups is 1. The van der Waals surface area contributed by atoms with E-state index in [1.54, 1.807) is 32.2 Å². The molecule has 0 spiro atoms. The van der Waals surface area contributed by atoms with Gasteiger partial charge in [0.1, 0.15) is 0 Å². The van der Waals surface area contributed by atoms with Gasteiger partial charge in [0.25, 0.3) is 0 Å². The van der Waals surface area contributed by atoms with Gasteiger partial charge < -0.3 is 25.0 Å². The average molecular weight is 386 g/mol. The van der Waals surface area contributed by atoms with Crippen LogP contribution in [0.4, 0.5) is 8.78 Å². The Morgan fingerprint density at radius 3 is 2.52 bits per heavy atom. The summed E-state index contributed by atoms with van der Waals surface area (Å²) in [6.07, 6.45) is 0. The van der Waals surface area contributed by atoms with Crippen molar-refractivity contribution in [3.05, 3.63) is 23.8 Å². The van der Waals surface area contributed by atoms with Crippen LogP contribution in [0.1, 0.15) is 26.3 Å². The highest BCUT2D eigenvalue weighted by atomic mass is 19.3. The van der Waals surface area contributed by atoms with E-state index in [0.29, 0.717) is 30.4 Å². The smallest absolute Gasteiger partial charge is 0.387 e. The molecule has 0 unspecified atom stereocenters. The number of hydrogen-bond acceptors (Lipinski definition) is 4. The third kappa shape index (κ3) is 8.43. The van der Waals surface area contributed by atoms with Gasteiger partial charge >= 0.3 is 6.61 Å². The first kappa shape index (κ1) is 23.0. The molecule has 154 valence electrons. The molecular formula is C19H32F2N4O2. The summed E-state index contributed by atoms with van der Waals surface area (Å²) < 4.78 is 35.7. The van der Waals surface area contributed by atoms with Crippen LogP contribution in [0.5, 0.6) is 11.5 Å². The van der Waals surface area contributed by atoms with Crippen LogP contribution < -0.4 is 20.1 Å². The summed E-state index contributed by atoms with van der Waals surface area (Å²) in [6, 6.07) is 5.08. The molecule has 0 aliphatic heterocycles. The molecule has 0 saturated heterocycles. The Morgan fingerprint density at radius 1 is 1.26 bits per heavy atom. The third-order valence-electron chi connectivity index (χ3n) is 3.72. The van der Waals surface area contributed by atoms with Crippen molar-refractivity contribution in [3.8, 4) is 11.5 Å². The van der Waals surface area contributed by atoms with Gasteiger partial charge in [0.05, 0.1) is 6.61 Å². The van der Waals surface area contributed by atoms with E-state index in [9.17, 15) is 8.78 Å². The van der Waals surface area contributed by atoms with E-state index in [0.717, 1.165) is 6.54 Å². The van der Waals surface area contributed by atoms with Crippen LogP contribution in [0.3, 0.4) is 0 Å². The molecule has 0 fully saturated rings. The zero-order chi connectivity index (χ0) is 20.4. The Hall–Kier alpha value is -2.09. The minimum Gasteiger partial charge on any atom is -0.490 e. The van der Waals surface area contributed by atoms with E-state index in [4.69, 9.17) is 4.74 Å². The van der Waals surface area contributed by atoms with E-state index in [2.05, 4.69) is 39.1 Å². The zero-order valence-electron chi connectivity index (χ0n) is 17.1. The molecule has 0 aliphatic carbocycles. The summed E-state index contributed by atoms with van der Waals surface area (Å²) in [6.45, 7) is 5.45. The van der Waals surface area contributed by atoms with Gasteiger partial charge in [-0.1, -0.05) is 26.0 Å². The zero-order valence-corrected chi connectivity index (χ0v) is 17.1. The summed E-state index contributed by atoms with van der Waals surface area (Å²) in [5.41, 5.74) is 0.608. The summed E-state index contributed by atoms with van der Waals surface area (Å²) in [5, 5.41) is 6.42. The van der Waals surface area contributed by atoms with Crippen molar-refractivity contribution in [1.29, 1.82) is 0 Å². The minimum absolute atomic E-state index is 0.0416. The van der Waals surface area contributed by atoms with Crippen LogP contribution in [0, 0.1) is 5.41 Å². The van der Waals surface area contributed by atoms with Gasteiger partial charge in [-0.05, 0) is 32.5 Å². The number of benzene rings is 1. The fourth-order valence-electron chi connectivity index (χ4n) is 2.83. The number of alkyl halides is 2. The number of rotatable bonds is 10. The van der Waals surface area contributed by atoms with E-state index in [1.807, 2.05) is 14.1 Å². The lowest BCUT2D eigenvalue weighted by molar-refractivity contribution is -0.0520. The second-order valence-electron chi connectivity index (χ2n) is 7.24. The Kier molecular flexibility index (Phi) is 9.28. The number of ether oxygens (including phenoxy) is 2. The fourth-order valence-corrected chi connectivity index (χ4v) is 2.83. The Balaban J connectivity index is 2.78. The largest absolute Gasteiger partial charge is 0.490 e. The van der Waals surface area contributed by atoms with E-state index >= 15 is 0 Å². The maximum Gasteiger partial charge on any atom is 0.387 e. The van der Waals surface area contributed by atoms with E-state index in [1.165, 1.54) is 0 Å². The lowest BCUT2D eigenvalue weighted by atomic mass is 9.93. The van der Waals surface area contributed by atoms with Gasteiger partial charge in [0.15, 0.2) is 17.5 Å². The molecule has 1 aromatic carbocycles. The Bertz CT molecular complexity index is 607. The first-order valence-electron chi connectivity index (χ1n) is 8.97. The maximum absolute atomic E-state index is 12.8. The van der Waals surface area contributed by atoms with Crippen molar-refractivity contribution in [3.63, 3.8) is 0 Å². The van der Waals surface area contributed by atoms with Crippen molar-refractivity contribution in [2.45, 2.75) is 33.9 Å². The van der Waals surface area contributed by atoms with Crippen molar-refractivity contribution in [2.24, 2.45) is 10.4 Å². The van der Waals surface area contributed by atoms with Crippen molar-refractivity contribution in [1.82, 2.24) is 15.5 Å². The predicted molar refractivity (Wildman–Crippen MR) is 105 cm³/mol. The monoisotopic (exact) mass is 386 g/mol. The van der Waals surface area contributed by atoms with Crippen LogP contribution >= 0.6 is 0 Å². The number of halogens is 2. The molecule has 0 bridgehead atoms. The lowest BCUT2D eigenvalue weighted by Gasteiger charge is -2.29. The molecule has 0 heterocycles. The van der Waals surface area contributed by atoms with Crippen LogP contribution in [0.2, 0.25) is 0 Å². The predicted octanol–water partition coefficient (Wildman–Crippen LogP) is 2.94. The molecule has 1 rings (SSSR count). The maximum atomic E-state index is 12.8. The molecule has 8 heteroatoms. The molecule has 0 saturated carbocycles. The lowest BCUT2D eigenvalue weighted by Crippen LogP contribution is -2.44. The average Bonchev–Trinajstić information content (AvgIpc) is 2.56. The van der Waals surface area contributed by atoms with Crippen LogP contribution in [-0.2, 0) is 6.54 Å². The Morgan fingerprint density at radius 2 is 1.96 bits per heavy atom. The molecule has 27 heavy (non-hydrogen) atoms. The first-order chi connectivity index (χ1) is 12.7. The molecule has 2 N–H and O–H groups in total. The SMILES string of the molecule is CCOc1cccc(CNC(=NC)NCC(C)(C)CN(C)C)c1OC(F)F. The van der Waals surface area contributed by atoms with Gasteiger partial charge in [-0.25, -0.2) is 0 Å². The second kappa shape index (κ2) is 10.9. The standard InChI is InChI=1S/C19H32F2N4O2/c1-7-26-15-10-8-9-14(16(15)27-17(20)21)11-23-18(22-4)24-12-19(2,3)13-25(5)6/h8-10,17H,7,11-13H2,1-6H3,(H2,22,23,24). The molecule has 0 aliphatic rings. The molecule has 1 aromatic rings. The molecule has 6 nitrogen and oxygen atoms in total. The minimum atomic E-state index is -2.92. The van der Waals surface area contributed by atoms with Crippen LogP contribution in [-0.4, -0.2) is 58.3 Å². The second-order valence-corrected chi connectivity index (χ2v) is 7.24. The third-order valence-corrected chi connectivity index (χ3v) is 3.72. The number of nitrogens with zero attached hydrogens (tertiary/aromatic N) is 2. The van der Waals surface area contributed by atoms with E-state index < -0.39 is 6.61 Å². The number of para-hydroxylation sites is 1.